The van der Waals surface area contributed by atoms with Gasteiger partial charge in [0, 0.05) is 40.9 Å². The highest BCUT2D eigenvalue weighted by Crippen LogP contribution is 2.20. The lowest BCUT2D eigenvalue weighted by Gasteiger charge is -2.08. The monoisotopic (exact) mass is 284 g/mol. The summed E-state index contributed by atoms with van der Waals surface area (Å²) < 4.78 is 2.30. The molecule has 0 amide bonds. The summed E-state index contributed by atoms with van der Waals surface area (Å²) >= 11 is 5.88. The highest BCUT2D eigenvalue weighted by Gasteiger charge is 2.03. The zero-order valence-electron chi connectivity index (χ0n) is 11.4. The maximum absolute atomic E-state index is 5.88. The van der Waals surface area contributed by atoms with Gasteiger partial charge in [0.25, 0.3) is 0 Å². The van der Waals surface area contributed by atoms with E-state index in [2.05, 4.69) is 47.3 Å². The van der Waals surface area contributed by atoms with Gasteiger partial charge in [-0.15, -0.1) is 0 Å². The van der Waals surface area contributed by atoms with Gasteiger partial charge in [-0.3, -0.25) is 0 Å². The van der Waals surface area contributed by atoms with Gasteiger partial charge in [0.1, 0.15) is 0 Å². The maximum atomic E-state index is 5.88. The molecule has 0 fully saturated rings. The Balaban J connectivity index is 1.70. The van der Waals surface area contributed by atoms with Crippen molar-refractivity contribution in [1.29, 1.82) is 0 Å². The standard InChI is InChI=1S/C17H17ClN2/c1-13-12-20(17-5-3-2-4-16(13)17)11-10-19-15-8-6-14(18)7-9-15/h2-9,12,19H,10-11H2,1H3. The average Bonchev–Trinajstić information content (AvgIpc) is 2.79. The van der Waals surface area contributed by atoms with Crippen LogP contribution in [-0.4, -0.2) is 11.1 Å². The van der Waals surface area contributed by atoms with Crippen LogP contribution in [0.2, 0.25) is 5.02 Å². The van der Waals surface area contributed by atoms with E-state index < -0.39 is 0 Å². The lowest BCUT2D eigenvalue weighted by molar-refractivity contribution is 0.755. The Kier molecular flexibility index (Phi) is 3.66. The van der Waals surface area contributed by atoms with Gasteiger partial charge in [-0.1, -0.05) is 29.8 Å². The largest absolute Gasteiger partial charge is 0.383 e. The zero-order chi connectivity index (χ0) is 13.9. The molecule has 0 aliphatic heterocycles. The Bertz CT molecular complexity index is 713. The molecule has 0 saturated heterocycles. The van der Waals surface area contributed by atoms with E-state index in [4.69, 9.17) is 11.6 Å². The van der Waals surface area contributed by atoms with Crippen LogP contribution in [-0.2, 0) is 6.54 Å². The molecule has 0 atom stereocenters. The summed E-state index contributed by atoms with van der Waals surface area (Å²) in [7, 11) is 0. The maximum Gasteiger partial charge on any atom is 0.0483 e. The van der Waals surface area contributed by atoms with Crippen LogP contribution in [0.4, 0.5) is 5.69 Å². The minimum atomic E-state index is 0.766. The number of aromatic nitrogens is 1. The third kappa shape index (κ3) is 2.66. The van der Waals surface area contributed by atoms with E-state index in [0.717, 1.165) is 23.8 Å². The van der Waals surface area contributed by atoms with E-state index in [9.17, 15) is 0 Å². The Morgan fingerprint density at radius 3 is 2.60 bits per heavy atom. The minimum Gasteiger partial charge on any atom is -0.383 e. The van der Waals surface area contributed by atoms with E-state index in [1.165, 1.54) is 16.5 Å². The first-order chi connectivity index (χ1) is 9.74. The van der Waals surface area contributed by atoms with Crippen molar-refractivity contribution in [3.05, 3.63) is 65.3 Å². The Hall–Kier alpha value is -1.93. The van der Waals surface area contributed by atoms with Gasteiger partial charge in [-0.2, -0.15) is 0 Å². The molecule has 0 spiro atoms. The van der Waals surface area contributed by atoms with Crippen LogP contribution in [0.1, 0.15) is 5.56 Å². The van der Waals surface area contributed by atoms with Crippen LogP contribution in [0.15, 0.2) is 54.7 Å². The number of rotatable bonds is 4. The van der Waals surface area contributed by atoms with Crippen molar-refractivity contribution in [2.75, 3.05) is 11.9 Å². The topological polar surface area (TPSA) is 17.0 Å². The highest BCUT2D eigenvalue weighted by atomic mass is 35.5. The number of aryl methyl sites for hydroxylation is 1. The predicted molar refractivity (Wildman–Crippen MR) is 86.6 cm³/mol. The van der Waals surface area contributed by atoms with Gasteiger partial charge in [0.15, 0.2) is 0 Å². The molecule has 0 radical (unpaired) electrons. The molecule has 0 unspecified atom stereocenters. The highest BCUT2D eigenvalue weighted by molar-refractivity contribution is 6.30. The number of halogens is 1. The van der Waals surface area contributed by atoms with E-state index in [0.29, 0.717) is 0 Å². The van der Waals surface area contributed by atoms with Crippen molar-refractivity contribution >= 4 is 28.2 Å². The lowest BCUT2D eigenvalue weighted by atomic mass is 10.2. The first-order valence-electron chi connectivity index (χ1n) is 6.78. The molecule has 2 nitrogen and oxygen atoms in total. The molecule has 0 bridgehead atoms. The van der Waals surface area contributed by atoms with E-state index >= 15 is 0 Å². The number of nitrogens with zero attached hydrogens (tertiary/aromatic N) is 1. The molecule has 2 aromatic carbocycles. The first kappa shape index (κ1) is 13.1. The second-order valence-corrected chi connectivity index (χ2v) is 5.39. The molecule has 0 aliphatic carbocycles. The second kappa shape index (κ2) is 5.59. The van der Waals surface area contributed by atoms with Crippen LogP contribution < -0.4 is 5.32 Å². The molecule has 102 valence electrons. The van der Waals surface area contributed by atoms with Gasteiger partial charge in [-0.05, 0) is 42.8 Å². The molecular formula is C17H17ClN2. The summed E-state index contributed by atoms with van der Waals surface area (Å²) in [4.78, 5) is 0. The molecule has 1 heterocycles. The Morgan fingerprint density at radius 2 is 1.80 bits per heavy atom. The van der Waals surface area contributed by atoms with Gasteiger partial charge in [0.2, 0.25) is 0 Å². The molecule has 20 heavy (non-hydrogen) atoms. The van der Waals surface area contributed by atoms with Crippen LogP contribution in [0, 0.1) is 6.92 Å². The van der Waals surface area contributed by atoms with Gasteiger partial charge in [-0.25, -0.2) is 0 Å². The summed E-state index contributed by atoms with van der Waals surface area (Å²) in [5, 5.41) is 5.51. The zero-order valence-corrected chi connectivity index (χ0v) is 12.2. The third-order valence-electron chi connectivity index (χ3n) is 3.51. The number of benzene rings is 2. The molecule has 1 N–H and O–H groups in total. The fourth-order valence-electron chi connectivity index (χ4n) is 2.50. The van der Waals surface area contributed by atoms with Crippen LogP contribution in [0.3, 0.4) is 0 Å². The molecule has 3 rings (SSSR count). The fraction of sp³-hybridized carbons (Fsp3) is 0.176. The molecular weight excluding hydrogens is 268 g/mol. The number of anilines is 1. The minimum absolute atomic E-state index is 0.766. The van der Waals surface area contributed by atoms with E-state index in [1.54, 1.807) is 0 Å². The lowest BCUT2D eigenvalue weighted by Crippen LogP contribution is -2.09. The smallest absolute Gasteiger partial charge is 0.0483 e. The number of hydrogen-bond donors (Lipinski definition) is 1. The number of fused-ring (bicyclic) bond motifs is 1. The number of nitrogens with one attached hydrogen (secondary N) is 1. The SMILES string of the molecule is Cc1cn(CCNc2ccc(Cl)cc2)c2ccccc12. The Morgan fingerprint density at radius 1 is 1.05 bits per heavy atom. The average molecular weight is 285 g/mol. The summed E-state index contributed by atoms with van der Waals surface area (Å²) in [6, 6.07) is 16.3. The van der Waals surface area contributed by atoms with E-state index in [1.807, 2.05) is 24.3 Å². The van der Waals surface area contributed by atoms with Crippen molar-refractivity contribution < 1.29 is 0 Å². The van der Waals surface area contributed by atoms with Crippen molar-refractivity contribution in [3.63, 3.8) is 0 Å². The summed E-state index contributed by atoms with van der Waals surface area (Å²) in [6.07, 6.45) is 2.22. The van der Waals surface area contributed by atoms with Crippen molar-refractivity contribution in [3.8, 4) is 0 Å². The Labute approximate surface area is 124 Å². The normalized spacial score (nSPS) is 10.9. The summed E-state index contributed by atoms with van der Waals surface area (Å²) in [5.74, 6) is 0. The number of para-hydroxylation sites is 1. The van der Waals surface area contributed by atoms with Crippen LogP contribution in [0.5, 0.6) is 0 Å². The van der Waals surface area contributed by atoms with Crippen molar-refractivity contribution in [2.24, 2.45) is 0 Å². The van der Waals surface area contributed by atoms with E-state index in [-0.39, 0.29) is 0 Å². The van der Waals surface area contributed by atoms with Crippen LogP contribution in [0.25, 0.3) is 10.9 Å². The van der Waals surface area contributed by atoms with Crippen molar-refractivity contribution in [2.45, 2.75) is 13.5 Å². The molecule has 0 saturated carbocycles. The quantitative estimate of drug-likeness (QED) is 0.734. The van der Waals surface area contributed by atoms with Gasteiger partial charge >= 0.3 is 0 Å². The third-order valence-corrected chi connectivity index (χ3v) is 3.77. The summed E-state index contributed by atoms with van der Waals surface area (Å²) in [6.45, 7) is 3.99. The number of hydrogen-bond acceptors (Lipinski definition) is 1. The van der Waals surface area contributed by atoms with Crippen molar-refractivity contribution in [1.82, 2.24) is 4.57 Å². The molecule has 3 aromatic rings. The molecule has 0 aliphatic rings. The van der Waals surface area contributed by atoms with Crippen LogP contribution >= 0.6 is 11.6 Å². The second-order valence-electron chi connectivity index (χ2n) is 4.96. The van der Waals surface area contributed by atoms with Gasteiger partial charge in [0.05, 0.1) is 0 Å². The fourth-order valence-corrected chi connectivity index (χ4v) is 2.63. The molecule has 3 heteroatoms. The predicted octanol–water partition coefficient (Wildman–Crippen LogP) is 4.72. The first-order valence-corrected chi connectivity index (χ1v) is 7.16. The summed E-state index contributed by atoms with van der Waals surface area (Å²) in [5.41, 5.74) is 3.72. The molecule has 1 aromatic heterocycles. The van der Waals surface area contributed by atoms with Gasteiger partial charge < -0.3 is 9.88 Å².